The Morgan fingerprint density at radius 2 is 1.87 bits per heavy atom. The number of sulfonamides is 1. The molecular weight excluding hydrogens is 326 g/mol. The Morgan fingerprint density at radius 1 is 1.13 bits per heavy atom. The maximum atomic E-state index is 14.1. The van der Waals surface area contributed by atoms with Gasteiger partial charge in [0.2, 0.25) is 15.9 Å². The molecule has 2 aliphatic heterocycles. The lowest BCUT2D eigenvalue weighted by Crippen LogP contribution is -2.39. The van der Waals surface area contributed by atoms with Gasteiger partial charge in [-0.1, -0.05) is 0 Å². The van der Waals surface area contributed by atoms with Crippen LogP contribution in [0.2, 0.25) is 0 Å². The molecular formula is C15H18F2N2O3S. The van der Waals surface area contributed by atoms with Crippen LogP contribution in [-0.2, 0) is 21.2 Å². The van der Waals surface area contributed by atoms with E-state index in [0.717, 1.165) is 12.1 Å². The smallest absolute Gasteiger partial charge is 0.228 e. The van der Waals surface area contributed by atoms with Gasteiger partial charge in [-0.3, -0.25) is 4.79 Å². The zero-order valence-electron chi connectivity index (χ0n) is 12.6. The van der Waals surface area contributed by atoms with Gasteiger partial charge in [0.25, 0.3) is 0 Å². The van der Waals surface area contributed by atoms with Gasteiger partial charge >= 0.3 is 0 Å². The number of hydrogen-bond donors (Lipinski definition) is 0. The molecule has 0 radical (unpaired) electrons. The van der Waals surface area contributed by atoms with Crippen molar-refractivity contribution < 1.29 is 22.0 Å². The number of anilines is 1. The second-order valence-corrected chi connectivity index (χ2v) is 7.91. The molecule has 0 bridgehead atoms. The maximum Gasteiger partial charge on any atom is 0.228 e. The molecule has 0 aromatic heterocycles. The van der Waals surface area contributed by atoms with Gasteiger partial charge < -0.3 is 4.90 Å². The molecule has 8 heteroatoms. The van der Waals surface area contributed by atoms with Gasteiger partial charge in [-0.2, -0.15) is 0 Å². The highest BCUT2D eigenvalue weighted by atomic mass is 32.2. The van der Waals surface area contributed by atoms with Crippen LogP contribution < -0.4 is 4.90 Å². The Labute approximate surface area is 133 Å². The van der Waals surface area contributed by atoms with Gasteiger partial charge in [0.15, 0.2) is 0 Å². The standard InChI is InChI=1S/C15H18F2N2O3S/c16-12-4-5-13(17)15-11(12)3-1-8-19(15)14(20)6-9-18-7-2-10-23(18,21)22/h4-5H,1-3,6-10H2. The molecule has 2 aliphatic rings. The lowest BCUT2D eigenvalue weighted by molar-refractivity contribution is -0.118. The van der Waals surface area contributed by atoms with Gasteiger partial charge in [-0.25, -0.2) is 21.5 Å². The van der Waals surface area contributed by atoms with Gasteiger partial charge in [0.1, 0.15) is 11.6 Å². The molecule has 3 rings (SSSR count). The van der Waals surface area contributed by atoms with Crippen LogP contribution in [0.25, 0.3) is 0 Å². The molecule has 1 aromatic carbocycles. The van der Waals surface area contributed by atoms with E-state index in [1.807, 2.05) is 0 Å². The number of fused-ring (bicyclic) bond motifs is 1. The quantitative estimate of drug-likeness (QED) is 0.838. The van der Waals surface area contributed by atoms with Gasteiger partial charge in [0.05, 0.1) is 11.4 Å². The number of carbonyl (C=O) groups excluding carboxylic acids is 1. The first-order valence-corrected chi connectivity index (χ1v) is 9.26. The Bertz CT molecular complexity index is 736. The van der Waals surface area contributed by atoms with Crippen LogP contribution in [0.1, 0.15) is 24.8 Å². The second-order valence-electron chi connectivity index (χ2n) is 5.82. The van der Waals surface area contributed by atoms with Crippen LogP contribution in [0.3, 0.4) is 0 Å². The van der Waals surface area contributed by atoms with E-state index in [1.165, 1.54) is 9.21 Å². The summed E-state index contributed by atoms with van der Waals surface area (Å²) in [6, 6.07) is 2.09. The average Bonchev–Trinajstić information content (AvgIpc) is 2.86. The monoisotopic (exact) mass is 344 g/mol. The highest BCUT2D eigenvalue weighted by Crippen LogP contribution is 2.32. The summed E-state index contributed by atoms with van der Waals surface area (Å²) in [5.41, 5.74) is 0.226. The molecule has 5 nitrogen and oxygen atoms in total. The summed E-state index contributed by atoms with van der Waals surface area (Å²) in [5.74, 6) is -1.41. The fourth-order valence-corrected chi connectivity index (χ4v) is 4.71. The predicted molar refractivity (Wildman–Crippen MR) is 81.6 cm³/mol. The Balaban J connectivity index is 1.76. The van der Waals surface area contributed by atoms with E-state index >= 15 is 0 Å². The fourth-order valence-electron chi connectivity index (χ4n) is 3.19. The number of hydrogen-bond acceptors (Lipinski definition) is 3. The molecule has 0 atom stereocenters. The minimum atomic E-state index is -3.26. The molecule has 1 fully saturated rings. The lowest BCUT2D eigenvalue weighted by atomic mass is 10.00. The maximum absolute atomic E-state index is 14.1. The molecule has 1 amide bonds. The van der Waals surface area contributed by atoms with E-state index < -0.39 is 21.7 Å². The van der Waals surface area contributed by atoms with Crippen molar-refractivity contribution in [1.29, 1.82) is 0 Å². The highest BCUT2D eigenvalue weighted by molar-refractivity contribution is 7.89. The summed E-state index contributed by atoms with van der Waals surface area (Å²) in [6.45, 7) is 0.818. The summed E-state index contributed by atoms with van der Waals surface area (Å²) in [7, 11) is -3.26. The molecule has 0 unspecified atom stereocenters. The van der Waals surface area contributed by atoms with E-state index in [-0.39, 0.29) is 35.9 Å². The minimum absolute atomic E-state index is 0.00512. The number of carbonyl (C=O) groups is 1. The van der Waals surface area contributed by atoms with Crippen molar-refractivity contribution >= 4 is 21.6 Å². The molecule has 2 heterocycles. The Kier molecular flexibility index (Phi) is 4.37. The van der Waals surface area contributed by atoms with Crippen LogP contribution in [-0.4, -0.2) is 44.0 Å². The summed E-state index contributed by atoms with van der Waals surface area (Å²) in [4.78, 5) is 13.7. The Hall–Kier alpha value is -1.54. The van der Waals surface area contributed by atoms with Crippen LogP contribution in [0.15, 0.2) is 12.1 Å². The molecule has 23 heavy (non-hydrogen) atoms. The average molecular weight is 344 g/mol. The van der Waals surface area contributed by atoms with Crippen LogP contribution >= 0.6 is 0 Å². The number of benzene rings is 1. The van der Waals surface area contributed by atoms with Crippen molar-refractivity contribution in [3.05, 3.63) is 29.3 Å². The molecule has 0 saturated carbocycles. The van der Waals surface area contributed by atoms with E-state index in [2.05, 4.69) is 0 Å². The van der Waals surface area contributed by atoms with Crippen molar-refractivity contribution in [3.8, 4) is 0 Å². The number of nitrogens with zero attached hydrogens (tertiary/aromatic N) is 2. The van der Waals surface area contributed by atoms with E-state index in [0.29, 0.717) is 32.4 Å². The third-order valence-electron chi connectivity index (χ3n) is 4.33. The summed E-state index contributed by atoms with van der Waals surface area (Å²) >= 11 is 0. The van der Waals surface area contributed by atoms with Crippen LogP contribution in [0.5, 0.6) is 0 Å². The molecule has 1 aromatic rings. The zero-order chi connectivity index (χ0) is 16.6. The molecule has 0 aliphatic carbocycles. The molecule has 126 valence electrons. The molecule has 0 N–H and O–H groups in total. The Morgan fingerprint density at radius 3 is 2.57 bits per heavy atom. The van der Waals surface area contributed by atoms with E-state index in [4.69, 9.17) is 0 Å². The van der Waals surface area contributed by atoms with Crippen molar-refractivity contribution in [2.75, 3.05) is 30.3 Å². The van der Waals surface area contributed by atoms with Gasteiger partial charge in [-0.15, -0.1) is 0 Å². The predicted octanol–water partition coefficient (Wildman–Crippen LogP) is 1.67. The zero-order valence-corrected chi connectivity index (χ0v) is 13.4. The van der Waals surface area contributed by atoms with Crippen LogP contribution in [0, 0.1) is 11.6 Å². The topological polar surface area (TPSA) is 57.7 Å². The summed E-state index contributed by atoms with van der Waals surface area (Å²) < 4.78 is 52.7. The van der Waals surface area contributed by atoms with Crippen molar-refractivity contribution in [2.45, 2.75) is 25.7 Å². The number of rotatable bonds is 3. The lowest BCUT2D eigenvalue weighted by Gasteiger charge is -2.30. The normalized spacial score (nSPS) is 20.5. The van der Waals surface area contributed by atoms with Crippen LogP contribution in [0.4, 0.5) is 14.5 Å². The van der Waals surface area contributed by atoms with Crippen molar-refractivity contribution in [1.82, 2.24) is 4.31 Å². The van der Waals surface area contributed by atoms with Gasteiger partial charge in [-0.05, 0) is 31.4 Å². The fraction of sp³-hybridized carbons (Fsp3) is 0.533. The highest BCUT2D eigenvalue weighted by Gasteiger charge is 2.31. The third kappa shape index (κ3) is 3.10. The summed E-state index contributed by atoms with van der Waals surface area (Å²) in [5, 5.41) is 0. The van der Waals surface area contributed by atoms with Crippen molar-refractivity contribution in [3.63, 3.8) is 0 Å². The summed E-state index contributed by atoms with van der Waals surface area (Å²) in [6.07, 6.45) is 1.47. The first-order chi connectivity index (χ1) is 10.9. The minimum Gasteiger partial charge on any atom is -0.309 e. The first-order valence-electron chi connectivity index (χ1n) is 7.65. The largest absolute Gasteiger partial charge is 0.309 e. The number of halogens is 2. The molecule has 1 saturated heterocycles. The SMILES string of the molecule is O=C(CCN1CCCS1(=O)=O)N1CCCc2c(F)ccc(F)c21. The number of amides is 1. The first kappa shape index (κ1) is 16.3. The van der Waals surface area contributed by atoms with Gasteiger partial charge in [0, 0.05) is 31.6 Å². The van der Waals surface area contributed by atoms with Crippen molar-refractivity contribution in [2.24, 2.45) is 0 Å². The van der Waals surface area contributed by atoms with E-state index in [1.54, 1.807) is 0 Å². The second kappa shape index (κ2) is 6.16. The van der Waals surface area contributed by atoms with E-state index in [9.17, 15) is 22.0 Å². The molecule has 0 spiro atoms. The third-order valence-corrected chi connectivity index (χ3v) is 6.29.